The number of amides is 2. The Labute approximate surface area is 189 Å². The molecule has 9 heteroatoms. The molecule has 1 aromatic carbocycles. The summed E-state index contributed by atoms with van der Waals surface area (Å²) in [5.74, 6) is -0.325. The predicted octanol–water partition coefficient (Wildman–Crippen LogP) is 5.11. The smallest absolute Gasteiger partial charge is 0.412 e. The number of nitrogens with one attached hydrogen (secondary N) is 2. The van der Waals surface area contributed by atoms with Crippen molar-refractivity contribution < 1.29 is 14.3 Å². The van der Waals surface area contributed by atoms with Gasteiger partial charge in [-0.1, -0.05) is 0 Å². The Morgan fingerprint density at radius 1 is 1.25 bits per heavy atom. The van der Waals surface area contributed by atoms with E-state index in [1.165, 1.54) is 11.5 Å². The van der Waals surface area contributed by atoms with E-state index in [2.05, 4.69) is 26.1 Å². The number of benzene rings is 1. The highest BCUT2D eigenvalue weighted by Crippen LogP contribution is 2.39. The van der Waals surface area contributed by atoms with E-state index >= 15 is 0 Å². The monoisotopic (exact) mass is 449 g/mol. The van der Waals surface area contributed by atoms with Gasteiger partial charge in [0.2, 0.25) is 5.91 Å². The number of hydrogen-bond donors (Lipinski definition) is 2. The lowest BCUT2D eigenvalue weighted by molar-refractivity contribution is -0.117. The summed E-state index contributed by atoms with van der Waals surface area (Å²) in [6, 6.07) is 7.66. The van der Waals surface area contributed by atoms with Crippen molar-refractivity contribution in [3.05, 3.63) is 35.3 Å². The predicted molar refractivity (Wildman–Crippen MR) is 123 cm³/mol. The lowest BCUT2D eigenvalue weighted by Gasteiger charge is -2.20. The number of nitriles is 1. The third-order valence-electron chi connectivity index (χ3n) is 5.04. The number of carbonyl (C=O) groups is 2. The van der Waals surface area contributed by atoms with Gasteiger partial charge >= 0.3 is 6.09 Å². The van der Waals surface area contributed by atoms with Crippen molar-refractivity contribution in [3.8, 4) is 17.3 Å². The number of ether oxygens (including phenoxy) is 1. The summed E-state index contributed by atoms with van der Waals surface area (Å²) in [5.41, 5.74) is 2.58. The van der Waals surface area contributed by atoms with E-state index in [-0.39, 0.29) is 17.7 Å². The molecule has 2 heterocycles. The molecule has 2 atom stereocenters. The van der Waals surface area contributed by atoms with E-state index in [4.69, 9.17) is 10.00 Å². The molecule has 1 fully saturated rings. The van der Waals surface area contributed by atoms with Crippen LogP contribution >= 0.6 is 11.5 Å². The molecule has 32 heavy (non-hydrogen) atoms. The van der Waals surface area contributed by atoms with Gasteiger partial charge in [0.05, 0.1) is 29.3 Å². The molecule has 2 N–H and O–H groups in total. The molecule has 1 aliphatic rings. The molecule has 2 aromatic heterocycles. The largest absolute Gasteiger partial charge is 0.444 e. The molecule has 0 unspecified atom stereocenters. The number of pyridine rings is 1. The molecule has 0 saturated heterocycles. The fourth-order valence-corrected chi connectivity index (χ4v) is 4.07. The molecule has 0 bridgehead atoms. The molecule has 0 aliphatic heterocycles. The third-order valence-corrected chi connectivity index (χ3v) is 5.78. The number of aryl methyl sites for hydroxylation is 1. The van der Waals surface area contributed by atoms with Crippen molar-refractivity contribution in [2.24, 2.45) is 11.8 Å². The number of nitrogens with zero attached hydrogens (tertiary/aromatic N) is 3. The van der Waals surface area contributed by atoms with E-state index in [1.807, 2.05) is 24.4 Å². The van der Waals surface area contributed by atoms with Crippen LogP contribution < -0.4 is 10.6 Å². The minimum Gasteiger partial charge on any atom is -0.444 e. The Hall–Kier alpha value is -3.51. The topological polar surface area (TPSA) is 117 Å². The summed E-state index contributed by atoms with van der Waals surface area (Å²) < 4.78 is 9.88. The maximum Gasteiger partial charge on any atom is 0.412 e. The average Bonchev–Trinajstić information content (AvgIpc) is 3.38. The van der Waals surface area contributed by atoms with E-state index in [1.54, 1.807) is 33.0 Å². The number of carbonyl (C=O) groups excluding carboxylic acids is 2. The Morgan fingerprint density at radius 3 is 2.66 bits per heavy atom. The Bertz CT molecular complexity index is 1250. The van der Waals surface area contributed by atoms with Crippen LogP contribution in [0.2, 0.25) is 0 Å². The first-order valence-corrected chi connectivity index (χ1v) is 11.0. The number of anilines is 2. The van der Waals surface area contributed by atoms with Crippen molar-refractivity contribution in [2.75, 3.05) is 10.6 Å². The van der Waals surface area contributed by atoms with Crippen LogP contribution in [-0.2, 0) is 9.53 Å². The molecule has 3 aromatic rings. The standard InChI is InChI=1S/C23H23N5O3S/c1-12-11-32-28-20(12)14-5-13-8-19(27-21(29)16-6-15(16)9-24)25-10-17(13)18(7-14)26-22(30)31-23(2,3)4/h5,7-8,10-11,15-16H,6H2,1-4H3,(H,26,30)(H,25,27,29)/t15-,16+/m0/s1. The zero-order valence-corrected chi connectivity index (χ0v) is 19.0. The molecule has 164 valence electrons. The van der Waals surface area contributed by atoms with Crippen LogP contribution in [-0.4, -0.2) is 27.0 Å². The van der Waals surface area contributed by atoms with Crippen LogP contribution in [0, 0.1) is 30.1 Å². The Kier molecular flexibility index (Phi) is 5.57. The van der Waals surface area contributed by atoms with Gasteiger partial charge in [0.1, 0.15) is 11.4 Å². The van der Waals surface area contributed by atoms with Gasteiger partial charge in [0, 0.05) is 22.5 Å². The zero-order chi connectivity index (χ0) is 23.0. The van der Waals surface area contributed by atoms with Gasteiger partial charge in [-0.15, -0.1) is 0 Å². The van der Waals surface area contributed by atoms with Gasteiger partial charge in [-0.2, -0.15) is 9.64 Å². The second-order valence-corrected chi connectivity index (χ2v) is 9.48. The highest BCUT2D eigenvalue weighted by molar-refractivity contribution is 7.04. The van der Waals surface area contributed by atoms with Crippen LogP contribution in [0.15, 0.2) is 29.8 Å². The van der Waals surface area contributed by atoms with Gasteiger partial charge in [0.15, 0.2) is 0 Å². The summed E-state index contributed by atoms with van der Waals surface area (Å²) in [5, 5.41) is 18.0. The highest BCUT2D eigenvalue weighted by Gasteiger charge is 2.43. The number of fused-ring (bicyclic) bond motifs is 1. The van der Waals surface area contributed by atoms with Crippen molar-refractivity contribution in [1.29, 1.82) is 5.26 Å². The number of hydrogen-bond acceptors (Lipinski definition) is 7. The van der Waals surface area contributed by atoms with E-state index < -0.39 is 11.7 Å². The first kappa shape index (κ1) is 21.7. The Balaban J connectivity index is 1.71. The quantitative estimate of drug-likeness (QED) is 0.571. The number of rotatable bonds is 4. The first-order valence-electron chi connectivity index (χ1n) is 10.2. The van der Waals surface area contributed by atoms with Gasteiger partial charge in [0.25, 0.3) is 0 Å². The minimum absolute atomic E-state index is 0.206. The third kappa shape index (κ3) is 4.70. The first-order chi connectivity index (χ1) is 15.1. The normalized spacial score (nSPS) is 17.5. The fraction of sp³-hybridized carbons (Fsp3) is 0.348. The second kappa shape index (κ2) is 8.20. The molecule has 8 nitrogen and oxygen atoms in total. The van der Waals surface area contributed by atoms with E-state index in [9.17, 15) is 9.59 Å². The lowest BCUT2D eigenvalue weighted by atomic mass is 10.0. The van der Waals surface area contributed by atoms with Crippen LogP contribution in [0.5, 0.6) is 0 Å². The van der Waals surface area contributed by atoms with Crippen LogP contribution in [0.4, 0.5) is 16.3 Å². The summed E-state index contributed by atoms with van der Waals surface area (Å²) in [6.45, 7) is 7.37. The van der Waals surface area contributed by atoms with Crippen molar-refractivity contribution in [3.63, 3.8) is 0 Å². The average molecular weight is 450 g/mol. The van der Waals surface area contributed by atoms with Gasteiger partial charge < -0.3 is 10.1 Å². The summed E-state index contributed by atoms with van der Waals surface area (Å²) in [7, 11) is 0. The van der Waals surface area contributed by atoms with E-state index in [0.29, 0.717) is 23.3 Å². The highest BCUT2D eigenvalue weighted by atomic mass is 32.1. The fourth-order valence-electron chi connectivity index (χ4n) is 3.39. The maximum absolute atomic E-state index is 12.4. The summed E-state index contributed by atoms with van der Waals surface area (Å²) in [6.07, 6.45) is 1.61. The zero-order valence-electron chi connectivity index (χ0n) is 18.2. The number of aromatic nitrogens is 2. The van der Waals surface area contributed by atoms with Crippen LogP contribution in [0.3, 0.4) is 0 Å². The second-order valence-electron chi connectivity index (χ2n) is 8.85. The van der Waals surface area contributed by atoms with Crippen LogP contribution in [0.25, 0.3) is 22.0 Å². The molecule has 4 rings (SSSR count). The summed E-state index contributed by atoms with van der Waals surface area (Å²) >= 11 is 1.36. The van der Waals surface area contributed by atoms with Gasteiger partial charge in [-0.05, 0) is 74.8 Å². The van der Waals surface area contributed by atoms with Gasteiger partial charge in [-0.3, -0.25) is 10.1 Å². The molecule has 0 radical (unpaired) electrons. The van der Waals surface area contributed by atoms with Crippen molar-refractivity contribution in [2.45, 2.75) is 39.7 Å². The molecule has 1 aliphatic carbocycles. The van der Waals surface area contributed by atoms with Crippen molar-refractivity contribution >= 4 is 45.8 Å². The molecule has 2 amide bonds. The molecule has 1 saturated carbocycles. The SMILES string of the molecule is Cc1csnc1-c1cc(NC(=O)OC(C)(C)C)c2cnc(NC(=O)[C@@H]3C[C@H]3C#N)cc2c1. The molecular formula is C23H23N5O3S. The van der Waals surface area contributed by atoms with Crippen LogP contribution in [0.1, 0.15) is 32.8 Å². The molecule has 0 spiro atoms. The van der Waals surface area contributed by atoms with Crippen molar-refractivity contribution in [1.82, 2.24) is 9.36 Å². The lowest BCUT2D eigenvalue weighted by Crippen LogP contribution is -2.27. The maximum atomic E-state index is 12.4. The minimum atomic E-state index is -0.636. The van der Waals surface area contributed by atoms with E-state index in [0.717, 1.165) is 22.2 Å². The summed E-state index contributed by atoms with van der Waals surface area (Å²) in [4.78, 5) is 29.1. The van der Waals surface area contributed by atoms with Gasteiger partial charge in [-0.25, -0.2) is 9.78 Å². The molecular weight excluding hydrogens is 426 g/mol. The Morgan fingerprint density at radius 2 is 2.03 bits per heavy atom.